The maximum atomic E-state index is 11.2. The van der Waals surface area contributed by atoms with E-state index in [9.17, 15) is 4.79 Å². The maximum absolute atomic E-state index is 11.2. The van der Waals surface area contributed by atoms with Crippen molar-refractivity contribution in [3.8, 4) is 17.4 Å². The average molecular weight is 261 g/mol. The van der Waals surface area contributed by atoms with Crippen molar-refractivity contribution in [3.05, 3.63) is 46.5 Å². The third kappa shape index (κ3) is 3.32. The lowest BCUT2D eigenvalue weighted by molar-refractivity contribution is 0.319. The Hall–Kier alpha value is -2.34. The molecule has 100 valence electrons. The van der Waals surface area contributed by atoms with Crippen molar-refractivity contribution in [1.82, 2.24) is 9.97 Å². The zero-order valence-corrected chi connectivity index (χ0v) is 10.6. The monoisotopic (exact) mass is 261 g/mol. The van der Waals surface area contributed by atoms with Crippen LogP contribution in [0.15, 0.2) is 35.4 Å². The number of nitrogens with one attached hydrogen (secondary N) is 1. The quantitative estimate of drug-likeness (QED) is 0.849. The van der Waals surface area contributed by atoms with E-state index in [-0.39, 0.29) is 11.4 Å². The van der Waals surface area contributed by atoms with E-state index in [1.165, 1.54) is 12.4 Å². The molecule has 0 fully saturated rings. The van der Waals surface area contributed by atoms with Crippen LogP contribution in [-0.4, -0.2) is 16.6 Å². The molecule has 0 spiro atoms. The van der Waals surface area contributed by atoms with Crippen molar-refractivity contribution in [2.24, 2.45) is 5.73 Å². The molecule has 0 aliphatic carbocycles. The molecule has 0 radical (unpaired) electrons. The molecular weight excluding hydrogens is 246 g/mol. The lowest BCUT2D eigenvalue weighted by Crippen LogP contribution is -2.05. The molecule has 3 N–H and O–H groups in total. The van der Waals surface area contributed by atoms with Crippen molar-refractivity contribution in [1.29, 1.82) is 0 Å². The third-order valence-electron chi connectivity index (χ3n) is 2.41. The number of nitrogens with zero attached hydrogens (tertiary/aromatic N) is 1. The van der Waals surface area contributed by atoms with Crippen LogP contribution in [0.2, 0.25) is 0 Å². The minimum atomic E-state index is -0.276. The second-order valence-electron chi connectivity index (χ2n) is 3.77. The van der Waals surface area contributed by atoms with Crippen LogP contribution < -0.4 is 20.8 Å². The van der Waals surface area contributed by atoms with Crippen molar-refractivity contribution >= 4 is 0 Å². The standard InChI is InChI=1S/C13H15N3O3/c1-2-18-11-5-9(7-14)3-4-10(11)19-13-6-12(17)15-8-16-13/h3-6,8H,2,7,14H2,1H3,(H,15,16,17). The highest BCUT2D eigenvalue weighted by Crippen LogP contribution is 2.31. The summed E-state index contributed by atoms with van der Waals surface area (Å²) in [5.74, 6) is 1.29. The average Bonchev–Trinajstić information content (AvgIpc) is 2.41. The fourth-order valence-electron chi connectivity index (χ4n) is 1.55. The Labute approximate surface area is 110 Å². The summed E-state index contributed by atoms with van der Waals surface area (Å²) < 4.78 is 11.0. The summed E-state index contributed by atoms with van der Waals surface area (Å²) in [6, 6.07) is 6.67. The summed E-state index contributed by atoms with van der Waals surface area (Å²) in [5.41, 5.74) is 6.25. The summed E-state index contributed by atoms with van der Waals surface area (Å²) in [6.07, 6.45) is 1.28. The van der Waals surface area contributed by atoms with Crippen molar-refractivity contribution in [2.45, 2.75) is 13.5 Å². The van der Waals surface area contributed by atoms with Gasteiger partial charge < -0.3 is 20.2 Å². The highest BCUT2D eigenvalue weighted by Gasteiger charge is 2.08. The fourth-order valence-corrected chi connectivity index (χ4v) is 1.55. The highest BCUT2D eigenvalue weighted by molar-refractivity contribution is 5.44. The number of hydrogen-bond donors (Lipinski definition) is 2. The number of aromatic nitrogens is 2. The van der Waals surface area contributed by atoms with E-state index in [4.69, 9.17) is 15.2 Å². The summed E-state index contributed by atoms with van der Waals surface area (Å²) >= 11 is 0. The van der Waals surface area contributed by atoms with Gasteiger partial charge in [-0.2, -0.15) is 0 Å². The molecule has 1 heterocycles. The Morgan fingerprint density at radius 3 is 2.84 bits per heavy atom. The van der Waals surface area contributed by atoms with Gasteiger partial charge in [0, 0.05) is 6.54 Å². The molecule has 0 aliphatic rings. The molecule has 0 unspecified atom stereocenters. The van der Waals surface area contributed by atoms with E-state index in [1.54, 1.807) is 6.07 Å². The van der Waals surface area contributed by atoms with Crippen LogP contribution in [0.4, 0.5) is 0 Å². The molecule has 1 aromatic heterocycles. The molecule has 6 nitrogen and oxygen atoms in total. The molecule has 1 aromatic carbocycles. The Balaban J connectivity index is 2.30. The molecule has 0 bridgehead atoms. The number of benzene rings is 1. The zero-order chi connectivity index (χ0) is 13.7. The van der Waals surface area contributed by atoms with Gasteiger partial charge >= 0.3 is 0 Å². The first-order valence-corrected chi connectivity index (χ1v) is 5.91. The van der Waals surface area contributed by atoms with Crippen LogP contribution in [0.1, 0.15) is 12.5 Å². The number of hydrogen-bond acceptors (Lipinski definition) is 5. The van der Waals surface area contributed by atoms with E-state index in [0.29, 0.717) is 24.7 Å². The van der Waals surface area contributed by atoms with E-state index >= 15 is 0 Å². The van der Waals surface area contributed by atoms with Gasteiger partial charge in [0.2, 0.25) is 5.88 Å². The first kappa shape index (κ1) is 13.1. The van der Waals surface area contributed by atoms with Crippen molar-refractivity contribution in [3.63, 3.8) is 0 Å². The first-order valence-electron chi connectivity index (χ1n) is 5.91. The van der Waals surface area contributed by atoms with Gasteiger partial charge in [-0.1, -0.05) is 6.07 Å². The van der Waals surface area contributed by atoms with Gasteiger partial charge in [-0.25, -0.2) is 4.98 Å². The topological polar surface area (TPSA) is 90.2 Å². The SMILES string of the molecule is CCOc1cc(CN)ccc1Oc1cc(=O)[nH]cn1. The van der Waals surface area contributed by atoms with Gasteiger partial charge in [-0.3, -0.25) is 4.79 Å². The molecule has 0 saturated heterocycles. The van der Waals surface area contributed by atoms with E-state index in [0.717, 1.165) is 5.56 Å². The fraction of sp³-hybridized carbons (Fsp3) is 0.231. The molecule has 0 atom stereocenters. The maximum Gasteiger partial charge on any atom is 0.254 e. The van der Waals surface area contributed by atoms with Crippen LogP contribution in [-0.2, 0) is 6.54 Å². The van der Waals surface area contributed by atoms with Crippen molar-refractivity contribution < 1.29 is 9.47 Å². The number of H-pyrrole nitrogens is 1. The van der Waals surface area contributed by atoms with Gasteiger partial charge in [0.25, 0.3) is 5.56 Å². The molecule has 19 heavy (non-hydrogen) atoms. The predicted octanol–water partition coefficient (Wildman–Crippen LogP) is 1.42. The van der Waals surface area contributed by atoms with Gasteiger partial charge in [0.1, 0.15) is 0 Å². The van der Waals surface area contributed by atoms with Gasteiger partial charge in [0.05, 0.1) is 19.0 Å². The summed E-state index contributed by atoms with van der Waals surface area (Å²) in [6.45, 7) is 2.81. The zero-order valence-electron chi connectivity index (χ0n) is 10.6. The molecular formula is C13H15N3O3. The van der Waals surface area contributed by atoms with Crippen LogP contribution >= 0.6 is 0 Å². The second kappa shape index (κ2) is 6.01. The van der Waals surface area contributed by atoms with Crippen molar-refractivity contribution in [2.75, 3.05) is 6.61 Å². The first-order chi connectivity index (χ1) is 9.22. The second-order valence-corrected chi connectivity index (χ2v) is 3.77. The Kier molecular flexibility index (Phi) is 4.15. The number of aromatic amines is 1. The molecule has 6 heteroatoms. The van der Waals surface area contributed by atoms with Crippen LogP contribution in [0.5, 0.6) is 17.4 Å². The molecule has 0 aliphatic heterocycles. The minimum absolute atomic E-state index is 0.213. The number of ether oxygens (including phenoxy) is 2. The van der Waals surface area contributed by atoms with Crippen LogP contribution in [0.25, 0.3) is 0 Å². The van der Waals surface area contributed by atoms with Gasteiger partial charge in [-0.05, 0) is 24.6 Å². The molecule has 2 rings (SSSR count). The third-order valence-corrected chi connectivity index (χ3v) is 2.41. The highest BCUT2D eigenvalue weighted by atomic mass is 16.5. The Morgan fingerprint density at radius 2 is 2.16 bits per heavy atom. The predicted molar refractivity (Wildman–Crippen MR) is 70.4 cm³/mol. The van der Waals surface area contributed by atoms with Gasteiger partial charge in [-0.15, -0.1) is 0 Å². The van der Waals surface area contributed by atoms with Crippen LogP contribution in [0, 0.1) is 0 Å². The summed E-state index contributed by atoms with van der Waals surface area (Å²) in [5, 5.41) is 0. The smallest absolute Gasteiger partial charge is 0.254 e. The summed E-state index contributed by atoms with van der Waals surface area (Å²) in [4.78, 5) is 17.5. The van der Waals surface area contributed by atoms with E-state index in [1.807, 2.05) is 19.1 Å². The van der Waals surface area contributed by atoms with Gasteiger partial charge in [0.15, 0.2) is 11.5 Å². The van der Waals surface area contributed by atoms with E-state index < -0.39 is 0 Å². The normalized spacial score (nSPS) is 10.2. The summed E-state index contributed by atoms with van der Waals surface area (Å²) in [7, 11) is 0. The Morgan fingerprint density at radius 1 is 1.32 bits per heavy atom. The Bertz CT molecular complexity index is 610. The lowest BCUT2D eigenvalue weighted by Gasteiger charge is -2.11. The van der Waals surface area contributed by atoms with Crippen LogP contribution in [0.3, 0.4) is 0 Å². The molecule has 2 aromatic rings. The largest absolute Gasteiger partial charge is 0.490 e. The molecule has 0 amide bonds. The number of nitrogens with two attached hydrogens (primary N) is 1. The molecule has 0 saturated carbocycles. The lowest BCUT2D eigenvalue weighted by atomic mass is 10.2. The van der Waals surface area contributed by atoms with E-state index in [2.05, 4.69) is 9.97 Å². The number of rotatable bonds is 5. The minimum Gasteiger partial charge on any atom is -0.490 e.